The van der Waals surface area contributed by atoms with E-state index in [0.29, 0.717) is 12.0 Å². The Morgan fingerprint density at radius 2 is 1.89 bits per heavy atom. The van der Waals surface area contributed by atoms with Crippen molar-refractivity contribution in [1.82, 2.24) is 4.90 Å². The van der Waals surface area contributed by atoms with Crippen molar-refractivity contribution in [1.29, 1.82) is 0 Å². The van der Waals surface area contributed by atoms with Crippen LogP contribution in [0.15, 0.2) is 24.3 Å². The van der Waals surface area contributed by atoms with Gasteiger partial charge in [-0.25, -0.2) is 0 Å². The molecule has 0 saturated heterocycles. The second-order valence-electron chi connectivity index (χ2n) is 5.88. The molecule has 0 radical (unpaired) electrons. The Bertz CT molecular complexity index is 375. The van der Waals surface area contributed by atoms with E-state index < -0.39 is 0 Å². The Balaban J connectivity index is 2.94. The Labute approximate surface area is 119 Å². The SMILES string of the molecule is CCC(C)CN(C)C(c1cccc(C)c1)C(N)CC. The third-order valence-corrected chi connectivity index (χ3v) is 4.03. The number of nitrogens with two attached hydrogens (primary N) is 1. The first-order chi connectivity index (χ1) is 8.99. The lowest BCUT2D eigenvalue weighted by atomic mass is 9.94. The molecule has 3 atom stereocenters. The van der Waals surface area contributed by atoms with Crippen LogP contribution in [-0.2, 0) is 0 Å². The summed E-state index contributed by atoms with van der Waals surface area (Å²) in [6.45, 7) is 9.97. The van der Waals surface area contributed by atoms with Gasteiger partial charge in [0.2, 0.25) is 0 Å². The Hall–Kier alpha value is -0.860. The minimum atomic E-state index is 0.191. The van der Waals surface area contributed by atoms with Crippen LogP contribution in [-0.4, -0.2) is 24.5 Å². The lowest BCUT2D eigenvalue weighted by Gasteiger charge is -2.34. The maximum atomic E-state index is 6.38. The van der Waals surface area contributed by atoms with Gasteiger partial charge in [0.15, 0.2) is 0 Å². The van der Waals surface area contributed by atoms with E-state index in [1.54, 1.807) is 0 Å². The van der Waals surface area contributed by atoms with Gasteiger partial charge in [0.05, 0.1) is 0 Å². The third-order valence-electron chi connectivity index (χ3n) is 4.03. The molecule has 2 heteroatoms. The average Bonchev–Trinajstić information content (AvgIpc) is 2.38. The standard InChI is InChI=1S/C17H30N2/c1-6-13(3)12-19(5)17(16(18)7-2)15-10-8-9-14(4)11-15/h8-11,13,16-17H,6-7,12,18H2,1-5H3. The highest BCUT2D eigenvalue weighted by atomic mass is 15.1. The van der Waals surface area contributed by atoms with Gasteiger partial charge in [-0.1, -0.05) is 57.0 Å². The highest BCUT2D eigenvalue weighted by Crippen LogP contribution is 2.25. The molecule has 0 aliphatic heterocycles. The quantitative estimate of drug-likeness (QED) is 0.811. The van der Waals surface area contributed by atoms with Gasteiger partial charge in [-0.15, -0.1) is 0 Å². The number of benzene rings is 1. The molecule has 19 heavy (non-hydrogen) atoms. The molecule has 0 fully saturated rings. The van der Waals surface area contributed by atoms with Crippen molar-refractivity contribution in [2.75, 3.05) is 13.6 Å². The Morgan fingerprint density at radius 3 is 2.42 bits per heavy atom. The summed E-state index contributed by atoms with van der Waals surface area (Å²) in [6.07, 6.45) is 2.22. The first kappa shape index (κ1) is 16.2. The normalized spacial score (nSPS) is 16.4. The van der Waals surface area contributed by atoms with Crippen molar-refractivity contribution in [3.8, 4) is 0 Å². The monoisotopic (exact) mass is 262 g/mol. The van der Waals surface area contributed by atoms with E-state index in [4.69, 9.17) is 5.73 Å². The second kappa shape index (κ2) is 7.66. The van der Waals surface area contributed by atoms with Crippen LogP contribution in [0, 0.1) is 12.8 Å². The molecule has 1 aromatic carbocycles. The van der Waals surface area contributed by atoms with Crippen molar-refractivity contribution < 1.29 is 0 Å². The molecular weight excluding hydrogens is 232 g/mol. The number of likely N-dealkylation sites (N-methyl/N-ethyl adjacent to an activating group) is 1. The number of aryl methyl sites for hydroxylation is 1. The van der Waals surface area contributed by atoms with E-state index in [0.717, 1.165) is 13.0 Å². The highest BCUT2D eigenvalue weighted by molar-refractivity contribution is 5.26. The van der Waals surface area contributed by atoms with E-state index in [1.165, 1.54) is 17.5 Å². The maximum Gasteiger partial charge on any atom is 0.0496 e. The molecule has 2 N–H and O–H groups in total. The van der Waals surface area contributed by atoms with Gasteiger partial charge in [0, 0.05) is 18.6 Å². The maximum absolute atomic E-state index is 6.38. The summed E-state index contributed by atoms with van der Waals surface area (Å²) in [7, 11) is 2.20. The molecule has 0 aromatic heterocycles. The van der Waals surface area contributed by atoms with Gasteiger partial charge < -0.3 is 5.73 Å². The van der Waals surface area contributed by atoms with Crippen LogP contribution >= 0.6 is 0 Å². The molecule has 1 rings (SSSR count). The minimum Gasteiger partial charge on any atom is -0.326 e. The van der Waals surface area contributed by atoms with Crippen LogP contribution in [0.25, 0.3) is 0 Å². The van der Waals surface area contributed by atoms with E-state index >= 15 is 0 Å². The molecule has 0 heterocycles. The van der Waals surface area contributed by atoms with E-state index in [9.17, 15) is 0 Å². The van der Waals surface area contributed by atoms with Crippen molar-refractivity contribution in [2.45, 2.75) is 52.6 Å². The largest absolute Gasteiger partial charge is 0.326 e. The average molecular weight is 262 g/mol. The molecule has 108 valence electrons. The lowest BCUT2D eigenvalue weighted by Crippen LogP contribution is -2.40. The van der Waals surface area contributed by atoms with Gasteiger partial charge in [-0.05, 0) is 31.9 Å². The molecule has 0 amide bonds. The van der Waals surface area contributed by atoms with Crippen molar-refractivity contribution in [3.63, 3.8) is 0 Å². The minimum absolute atomic E-state index is 0.191. The molecule has 0 saturated carbocycles. The number of hydrogen-bond donors (Lipinski definition) is 1. The summed E-state index contributed by atoms with van der Waals surface area (Å²) < 4.78 is 0. The first-order valence-corrected chi connectivity index (χ1v) is 7.51. The molecule has 2 nitrogen and oxygen atoms in total. The summed E-state index contributed by atoms with van der Waals surface area (Å²) in [5.41, 5.74) is 9.03. The van der Waals surface area contributed by atoms with Gasteiger partial charge in [0.25, 0.3) is 0 Å². The molecule has 0 bridgehead atoms. The van der Waals surface area contributed by atoms with Crippen molar-refractivity contribution >= 4 is 0 Å². The van der Waals surface area contributed by atoms with E-state index in [-0.39, 0.29) is 6.04 Å². The zero-order valence-electron chi connectivity index (χ0n) is 13.2. The molecule has 0 spiro atoms. The predicted octanol–water partition coefficient (Wildman–Crippen LogP) is 3.75. The molecule has 0 aliphatic rings. The van der Waals surface area contributed by atoms with Gasteiger partial charge in [-0.3, -0.25) is 4.90 Å². The summed E-state index contributed by atoms with van der Waals surface area (Å²) in [5.74, 6) is 0.710. The second-order valence-corrected chi connectivity index (χ2v) is 5.88. The van der Waals surface area contributed by atoms with Crippen LogP contribution in [0.2, 0.25) is 0 Å². The first-order valence-electron chi connectivity index (χ1n) is 7.51. The summed E-state index contributed by atoms with van der Waals surface area (Å²) in [6, 6.07) is 9.27. The topological polar surface area (TPSA) is 29.3 Å². The Morgan fingerprint density at radius 1 is 1.21 bits per heavy atom. The molecular formula is C17H30N2. The summed E-state index contributed by atoms with van der Waals surface area (Å²) in [5, 5.41) is 0. The number of nitrogens with zero attached hydrogens (tertiary/aromatic N) is 1. The fraction of sp³-hybridized carbons (Fsp3) is 0.647. The summed E-state index contributed by atoms with van der Waals surface area (Å²) in [4.78, 5) is 2.43. The fourth-order valence-corrected chi connectivity index (χ4v) is 2.64. The van der Waals surface area contributed by atoms with E-state index in [1.807, 2.05) is 0 Å². The van der Waals surface area contributed by atoms with Crippen LogP contribution < -0.4 is 5.73 Å². The zero-order valence-corrected chi connectivity index (χ0v) is 13.2. The van der Waals surface area contributed by atoms with Gasteiger partial charge >= 0.3 is 0 Å². The van der Waals surface area contributed by atoms with Gasteiger partial charge in [-0.2, -0.15) is 0 Å². The molecule has 0 aliphatic carbocycles. The van der Waals surface area contributed by atoms with Crippen LogP contribution in [0.3, 0.4) is 0 Å². The smallest absolute Gasteiger partial charge is 0.0496 e. The van der Waals surface area contributed by atoms with Crippen LogP contribution in [0.5, 0.6) is 0 Å². The number of hydrogen-bond acceptors (Lipinski definition) is 2. The molecule has 1 aromatic rings. The Kier molecular flexibility index (Phi) is 6.53. The lowest BCUT2D eigenvalue weighted by molar-refractivity contribution is 0.182. The van der Waals surface area contributed by atoms with E-state index in [2.05, 4.69) is 63.9 Å². The van der Waals surface area contributed by atoms with Crippen molar-refractivity contribution in [3.05, 3.63) is 35.4 Å². The number of rotatable bonds is 7. The molecule has 3 unspecified atom stereocenters. The zero-order chi connectivity index (χ0) is 14.4. The van der Waals surface area contributed by atoms with Crippen LogP contribution in [0.4, 0.5) is 0 Å². The fourth-order valence-electron chi connectivity index (χ4n) is 2.64. The summed E-state index contributed by atoms with van der Waals surface area (Å²) >= 11 is 0. The van der Waals surface area contributed by atoms with Crippen LogP contribution in [0.1, 0.15) is 50.8 Å². The van der Waals surface area contributed by atoms with Crippen molar-refractivity contribution in [2.24, 2.45) is 11.7 Å². The predicted molar refractivity (Wildman–Crippen MR) is 84.3 cm³/mol. The highest BCUT2D eigenvalue weighted by Gasteiger charge is 2.23. The third kappa shape index (κ3) is 4.63. The van der Waals surface area contributed by atoms with Gasteiger partial charge in [0.1, 0.15) is 0 Å².